The van der Waals surface area contributed by atoms with Crippen molar-refractivity contribution < 1.29 is 4.92 Å². The molecule has 0 amide bonds. The number of nitrogens with one attached hydrogen (secondary N) is 1. The van der Waals surface area contributed by atoms with E-state index < -0.39 is 0 Å². The third kappa shape index (κ3) is 2.94. The molecule has 94 valence electrons. The molecule has 2 aromatic rings. The van der Waals surface area contributed by atoms with Gasteiger partial charge in [-0.25, -0.2) is 0 Å². The number of nitro groups is 1. The van der Waals surface area contributed by atoms with Gasteiger partial charge in [-0.3, -0.25) is 10.1 Å². The quantitative estimate of drug-likeness (QED) is 0.662. The van der Waals surface area contributed by atoms with Gasteiger partial charge in [0.25, 0.3) is 5.69 Å². The summed E-state index contributed by atoms with van der Waals surface area (Å²) < 4.78 is 0. The smallest absolute Gasteiger partial charge is 0.273 e. The van der Waals surface area contributed by atoms with Crippen molar-refractivity contribution in [3.05, 3.63) is 62.3 Å². The summed E-state index contributed by atoms with van der Waals surface area (Å²) in [5.41, 5.74) is 2.09. The van der Waals surface area contributed by atoms with Crippen LogP contribution in [0.1, 0.15) is 24.1 Å². The van der Waals surface area contributed by atoms with Crippen LogP contribution in [0.3, 0.4) is 0 Å². The summed E-state index contributed by atoms with van der Waals surface area (Å²) in [5.74, 6) is 0. The zero-order valence-electron chi connectivity index (χ0n) is 10.00. The fourth-order valence-corrected chi connectivity index (χ4v) is 2.49. The Kier molecular flexibility index (Phi) is 4.07. The van der Waals surface area contributed by atoms with Crippen molar-refractivity contribution in [2.45, 2.75) is 19.5 Å². The van der Waals surface area contributed by atoms with Gasteiger partial charge >= 0.3 is 0 Å². The number of nitrogens with zero attached hydrogens (tertiary/aromatic N) is 1. The Bertz CT molecular complexity index is 526. The third-order valence-corrected chi connectivity index (χ3v) is 3.53. The second-order valence-corrected chi connectivity index (χ2v) is 4.83. The average molecular weight is 262 g/mol. The molecule has 0 saturated heterocycles. The highest BCUT2D eigenvalue weighted by molar-refractivity contribution is 7.07. The first-order valence-electron chi connectivity index (χ1n) is 5.66. The summed E-state index contributed by atoms with van der Waals surface area (Å²) in [5, 5.41) is 18.3. The van der Waals surface area contributed by atoms with Gasteiger partial charge in [0.15, 0.2) is 0 Å². The van der Waals surface area contributed by atoms with Gasteiger partial charge < -0.3 is 5.32 Å². The molecule has 1 N–H and O–H groups in total. The topological polar surface area (TPSA) is 55.2 Å². The van der Waals surface area contributed by atoms with Crippen molar-refractivity contribution in [3.63, 3.8) is 0 Å². The summed E-state index contributed by atoms with van der Waals surface area (Å²) in [4.78, 5) is 10.5. The van der Waals surface area contributed by atoms with E-state index in [2.05, 4.69) is 23.7 Å². The molecular formula is C13H14N2O2S. The fraction of sp³-hybridized carbons (Fsp3) is 0.231. The number of rotatable bonds is 5. The second kappa shape index (κ2) is 5.75. The second-order valence-electron chi connectivity index (χ2n) is 4.05. The molecule has 5 heteroatoms. The summed E-state index contributed by atoms with van der Waals surface area (Å²) in [6.07, 6.45) is 0. The third-order valence-electron chi connectivity index (χ3n) is 2.83. The van der Waals surface area contributed by atoms with Gasteiger partial charge in [-0.2, -0.15) is 11.3 Å². The minimum Gasteiger partial charge on any atom is -0.306 e. The fourth-order valence-electron chi connectivity index (χ4n) is 1.74. The molecule has 0 saturated carbocycles. The van der Waals surface area contributed by atoms with Crippen LogP contribution in [0.2, 0.25) is 0 Å². The highest BCUT2D eigenvalue weighted by atomic mass is 32.1. The maximum absolute atomic E-state index is 10.9. The van der Waals surface area contributed by atoms with Crippen LogP contribution in [0.4, 0.5) is 5.69 Å². The van der Waals surface area contributed by atoms with E-state index in [1.165, 1.54) is 11.6 Å². The maximum Gasteiger partial charge on any atom is 0.273 e. The van der Waals surface area contributed by atoms with E-state index in [-0.39, 0.29) is 16.7 Å². The summed E-state index contributed by atoms with van der Waals surface area (Å²) in [7, 11) is 0. The molecule has 0 aliphatic heterocycles. The van der Waals surface area contributed by atoms with E-state index in [0.717, 1.165) is 0 Å². The van der Waals surface area contributed by atoms with Gasteiger partial charge in [-0.1, -0.05) is 18.2 Å². The van der Waals surface area contributed by atoms with Crippen molar-refractivity contribution in [1.82, 2.24) is 5.32 Å². The predicted octanol–water partition coefficient (Wildman–Crippen LogP) is 3.51. The molecule has 0 spiro atoms. The van der Waals surface area contributed by atoms with Crippen molar-refractivity contribution in [3.8, 4) is 0 Å². The summed E-state index contributed by atoms with van der Waals surface area (Å²) >= 11 is 1.65. The zero-order valence-corrected chi connectivity index (χ0v) is 10.8. The summed E-state index contributed by atoms with van der Waals surface area (Å²) in [6.45, 7) is 2.55. The molecule has 1 unspecified atom stereocenters. The maximum atomic E-state index is 10.9. The Hall–Kier alpha value is -1.72. The Morgan fingerprint density at radius 1 is 1.39 bits per heavy atom. The van der Waals surface area contributed by atoms with E-state index in [9.17, 15) is 10.1 Å². The molecule has 0 bridgehead atoms. The minimum absolute atomic E-state index is 0.169. The van der Waals surface area contributed by atoms with Gasteiger partial charge in [0, 0.05) is 24.2 Å². The molecule has 1 aromatic carbocycles. The zero-order chi connectivity index (χ0) is 13.0. The van der Waals surface area contributed by atoms with Crippen molar-refractivity contribution >= 4 is 17.0 Å². The molecule has 0 fully saturated rings. The van der Waals surface area contributed by atoms with Crippen LogP contribution < -0.4 is 5.32 Å². The standard InChI is InChI=1S/C13H14N2O2S/c1-10(12-6-7-18-9-12)14-8-11-4-2-3-5-13(11)15(16)17/h2-7,9-10,14H,8H2,1H3. The molecule has 0 radical (unpaired) electrons. The first-order chi connectivity index (χ1) is 8.68. The number of nitro benzene ring substituents is 1. The lowest BCUT2D eigenvalue weighted by atomic mass is 10.1. The number of thiophene rings is 1. The van der Waals surface area contributed by atoms with Crippen molar-refractivity contribution in [2.75, 3.05) is 0 Å². The predicted molar refractivity (Wildman–Crippen MR) is 72.7 cm³/mol. The summed E-state index contributed by atoms with van der Waals surface area (Å²) in [6, 6.07) is 9.07. The molecule has 0 aliphatic rings. The SMILES string of the molecule is CC(NCc1ccccc1[N+](=O)[O-])c1ccsc1. The van der Waals surface area contributed by atoms with Crippen LogP contribution in [-0.2, 0) is 6.54 Å². The first kappa shape index (κ1) is 12.7. The lowest BCUT2D eigenvalue weighted by Crippen LogP contribution is -2.18. The molecule has 0 aliphatic carbocycles. The van der Waals surface area contributed by atoms with E-state index >= 15 is 0 Å². The molecule has 1 heterocycles. The van der Waals surface area contributed by atoms with Gasteiger partial charge in [0.05, 0.1) is 4.92 Å². The largest absolute Gasteiger partial charge is 0.306 e. The van der Waals surface area contributed by atoms with E-state index in [0.29, 0.717) is 12.1 Å². The number of hydrogen-bond acceptors (Lipinski definition) is 4. The van der Waals surface area contributed by atoms with E-state index in [4.69, 9.17) is 0 Å². The van der Waals surface area contributed by atoms with Gasteiger partial charge in [-0.05, 0) is 29.3 Å². The van der Waals surface area contributed by atoms with Crippen LogP contribution in [0, 0.1) is 10.1 Å². The number of benzene rings is 1. The Morgan fingerprint density at radius 3 is 2.83 bits per heavy atom. The Labute approximate surface area is 109 Å². The van der Waals surface area contributed by atoms with Crippen LogP contribution in [-0.4, -0.2) is 4.92 Å². The lowest BCUT2D eigenvalue weighted by molar-refractivity contribution is -0.385. The van der Waals surface area contributed by atoms with Gasteiger partial charge in [0.2, 0.25) is 0 Å². The van der Waals surface area contributed by atoms with Crippen LogP contribution in [0.25, 0.3) is 0 Å². The highest BCUT2D eigenvalue weighted by Crippen LogP contribution is 2.20. The monoisotopic (exact) mass is 262 g/mol. The average Bonchev–Trinajstić information content (AvgIpc) is 2.90. The molecule has 18 heavy (non-hydrogen) atoms. The highest BCUT2D eigenvalue weighted by Gasteiger charge is 2.13. The van der Waals surface area contributed by atoms with Crippen LogP contribution in [0.5, 0.6) is 0 Å². The normalized spacial score (nSPS) is 12.3. The number of hydrogen-bond donors (Lipinski definition) is 1. The van der Waals surface area contributed by atoms with Gasteiger partial charge in [0.1, 0.15) is 0 Å². The molecule has 1 aromatic heterocycles. The lowest BCUT2D eigenvalue weighted by Gasteiger charge is -2.12. The number of para-hydroxylation sites is 1. The molecular weight excluding hydrogens is 248 g/mol. The minimum atomic E-state index is -0.341. The van der Waals surface area contributed by atoms with Crippen molar-refractivity contribution in [2.24, 2.45) is 0 Å². The van der Waals surface area contributed by atoms with Crippen molar-refractivity contribution in [1.29, 1.82) is 0 Å². The van der Waals surface area contributed by atoms with E-state index in [1.807, 2.05) is 11.4 Å². The molecule has 1 atom stereocenters. The van der Waals surface area contributed by atoms with Crippen LogP contribution in [0.15, 0.2) is 41.1 Å². The molecule has 2 rings (SSSR count). The Morgan fingerprint density at radius 2 is 2.17 bits per heavy atom. The van der Waals surface area contributed by atoms with E-state index in [1.54, 1.807) is 23.5 Å². The Balaban J connectivity index is 2.04. The van der Waals surface area contributed by atoms with Gasteiger partial charge in [-0.15, -0.1) is 0 Å². The van der Waals surface area contributed by atoms with Crippen LogP contribution >= 0.6 is 11.3 Å². The molecule has 4 nitrogen and oxygen atoms in total. The first-order valence-corrected chi connectivity index (χ1v) is 6.60.